The summed E-state index contributed by atoms with van der Waals surface area (Å²) in [5, 5.41) is 27.1. The summed E-state index contributed by atoms with van der Waals surface area (Å²) in [6, 6.07) is 27.0. The number of benzene rings is 4. The summed E-state index contributed by atoms with van der Waals surface area (Å²) in [4.78, 5) is 28.8. The van der Waals surface area contributed by atoms with Gasteiger partial charge in [-0.3, -0.25) is 14.5 Å². The summed E-state index contributed by atoms with van der Waals surface area (Å²) < 4.78 is 0. The highest BCUT2D eigenvalue weighted by Gasteiger charge is 2.27. The molecule has 2 atom stereocenters. The first-order valence-electron chi connectivity index (χ1n) is 14.8. The molecule has 4 aromatic carbocycles. The van der Waals surface area contributed by atoms with Crippen LogP contribution in [0.2, 0.25) is 0 Å². The number of carbonyl (C=O) groups is 2. The molecule has 0 spiro atoms. The van der Waals surface area contributed by atoms with Crippen molar-refractivity contribution < 1.29 is 19.8 Å². The fourth-order valence-corrected chi connectivity index (χ4v) is 6.50. The largest absolute Gasteiger partial charge is 0.394 e. The number of ketones is 1. The molecule has 1 amide bonds. The zero-order chi connectivity index (χ0) is 30.1. The van der Waals surface area contributed by atoms with Crippen LogP contribution in [0, 0.1) is 17.4 Å². The van der Waals surface area contributed by atoms with Crippen LogP contribution in [0.5, 0.6) is 0 Å². The molecule has 2 aliphatic rings. The quantitative estimate of drug-likeness (QED) is 0.278. The maximum absolute atomic E-state index is 13.9. The van der Waals surface area contributed by atoms with Gasteiger partial charge in [-0.05, 0) is 101 Å². The second kappa shape index (κ2) is 12.1. The summed E-state index contributed by atoms with van der Waals surface area (Å²) in [6.07, 6.45) is 3.81. The summed E-state index contributed by atoms with van der Waals surface area (Å²) in [7, 11) is 1.97. The summed E-state index contributed by atoms with van der Waals surface area (Å²) in [5.74, 6) is -0.180. The Bertz CT molecular complexity index is 1930. The Hall–Kier alpha value is -4.36. The molecule has 2 unspecified atom stereocenters. The minimum absolute atomic E-state index is 0.00141. The first-order valence-corrected chi connectivity index (χ1v) is 14.8. The highest BCUT2D eigenvalue weighted by atomic mass is 16.3. The van der Waals surface area contributed by atoms with Gasteiger partial charge in [0.25, 0.3) is 5.91 Å². The van der Waals surface area contributed by atoms with Crippen LogP contribution >= 0.6 is 0 Å². The number of aryl methyl sites for hydroxylation is 1. The average molecular weight is 573 g/mol. The molecule has 218 valence electrons. The molecule has 0 saturated heterocycles. The molecule has 0 aliphatic heterocycles. The predicted octanol–water partition coefficient (Wildman–Crippen LogP) is 4.02. The van der Waals surface area contributed by atoms with Gasteiger partial charge in [0, 0.05) is 28.9 Å². The number of rotatable bonds is 8. The highest BCUT2D eigenvalue weighted by molar-refractivity contribution is 6.24. The maximum atomic E-state index is 13.9. The lowest BCUT2D eigenvalue weighted by atomic mass is 9.82. The standard InChI is InChI=1S/C37H36N2O4/c1-23-8-3-5-10-28(23)37(43)38-26-16-14-24(15-17-26)36(42)33-13-7-12-31-30(33)18-19-32-29-11-6-4-9-25(29)20-34(35(31)32)39(2)21-27(41)22-40/h3-6,8-11,14-20,27,34,40-41H,7,12-13,21-22H2,1-2H3,(H,38,43). The molecule has 0 heterocycles. The van der Waals surface area contributed by atoms with E-state index in [1.807, 2.05) is 44.3 Å². The SMILES string of the molecule is Cc1ccccc1C(=O)Nc1ccc(C(=O)C2=c3ccc4c(c3CCC2)C(N(C)CC(O)CO)C=c2ccccc2=4)cc1. The summed E-state index contributed by atoms with van der Waals surface area (Å²) in [6.45, 7) is 1.93. The van der Waals surface area contributed by atoms with Gasteiger partial charge in [-0.1, -0.05) is 60.7 Å². The van der Waals surface area contributed by atoms with Crippen LogP contribution in [0.3, 0.4) is 0 Å². The molecule has 43 heavy (non-hydrogen) atoms. The molecule has 0 aromatic heterocycles. The van der Waals surface area contributed by atoms with Crippen LogP contribution < -0.4 is 15.8 Å². The Kier molecular flexibility index (Phi) is 8.08. The Morgan fingerprint density at radius 2 is 1.63 bits per heavy atom. The first kappa shape index (κ1) is 28.7. The van der Waals surface area contributed by atoms with Gasteiger partial charge < -0.3 is 15.5 Å². The molecule has 4 aromatic rings. The third kappa shape index (κ3) is 5.57. The van der Waals surface area contributed by atoms with E-state index in [-0.39, 0.29) is 24.3 Å². The number of carbonyl (C=O) groups excluding carboxylic acids is 2. The van der Waals surface area contributed by atoms with E-state index in [2.05, 4.69) is 40.6 Å². The van der Waals surface area contributed by atoms with Crippen molar-refractivity contribution in [2.75, 3.05) is 25.5 Å². The number of likely N-dealkylation sites (N-methyl/N-ethyl adjacent to an activating group) is 1. The van der Waals surface area contributed by atoms with E-state index in [1.165, 1.54) is 11.1 Å². The normalized spacial score (nSPS) is 16.0. The number of anilines is 1. The highest BCUT2D eigenvalue weighted by Crippen LogP contribution is 2.31. The van der Waals surface area contributed by atoms with Crippen LogP contribution in [0.25, 0.3) is 11.6 Å². The number of amides is 1. The van der Waals surface area contributed by atoms with Crippen molar-refractivity contribution in [1.82, 2.24) is 4.90 Å². The van der Waals surface area contributed by atoms with Gasteiger partial charge in [-0.2, -0.15) is 0 Å². The summed E-state index contributed by atoms with van der Waals surface area (Å²) >= 11 is 0. The number of nitrogens with zero attached hydrogens (tertiary/aromatic N) is 1. The second-order valence-corrected chi connectivity index (χ2v) is 11.5. The van der Waals surface area contributed by atoms with Crippen molar-refractivity contribution in [2.24, 2.45) is 0 Å². The number of aliphatic hydroxyl groups is 2. The number of nitrogens with one attached hydrogen (secondary N) is 1. The van der Waals surface area contributed by atoms with Gasteiger partial charge in [0.2, 0.25) is 0 Å². The van der Waals surface area contributed by atoms with Gasteiger partial charge in [0.1, 0.15) is 0 Å². The molecular weight excluding hydrogens is 536 g/mol. The van der Waals surface area contributed by atoms with Crippen molar-refractivity contribution in [3.05, 3.63) is 134 Å². The van der Waals surface area contributed by atoms with Crippen molar-refractivity contribution >= 4 is 29.0 Å². The molecule has 3 N–H and O–H groups in total. The zero-order valence-corrected chi connectivity index (χ0v) is 24.5. The molecule has 6 heteroatoms. The molecule has 0 radical (unpaired) electrons. The maximum Gasteiger partial charge on any atom is 0.255 e. The van der Waals surface area contributed by atoms with E-state index in [0.29, 0.717) is 29.8 Å². The minimum atomic E-state index is -0.841. The molecular formula is C37H36N2O4. The van der Waals surface area contributed by atoms with Crippen molar-refractivity contribution in [2.45, 2.75) is 38.3 Å². The molecule has 2 aliphatic carbocycles. The minimum Gasteiger partial charge on any atom is -0.394 e. The van der Waals surface area contributed by atoms with Crippen molar-refractivity contribution in [3.63, 3.8) is 0 Å². The number of fused-ring (bicyclic) bond motifs is 4. The summed E-state index contributed by atoms with van der Waals surface area (Å²) in [5.41, 5.74) is 5.90. The van der Waals surface area contributed by atoms with Crippen LogP contribution in [0.1, 0.15) is 56.3 Å². The Labute approximate surface area is 250 Å². The lowest BCUT2D eigenvalue weighted by Crippen LogP contribution is -2.37. The number of Topliss-reactive ketones (excluding diaryl/α,β-unsaturated/α-hetero) is 1. The lowest BCUT2D eigenvalue weighted by molar-refractivity contribution is 0.0611. The fraction of sp³-hybridized carbons (Fsp3) is 0.243. The van der Waals surface area contributed by atoms with E-state index in [0.717, 1.165) is 44.9 Å². The van der Waals surface area contributed by atoms with Gasteiger partial charge in [0.05, 0.1) is 18.8 Å². The molecule has 6 nitrogen and oxygen atoms in total. The van der Waals surface area contributed by atoms with Gasteiger partial charge in [-0.15, -0.1) is 0 Å². The van der Waals surface area contributed by atoms with Gasteiger partial charge in [0.15, 0.2) is 5.78 Å². The van der Waals surface area contributed by atoms with Crippen LogP contribution in [-0.2, 0) is 6.42 Å². The van der Waals surface area contributed by atoms with Gasteiger partial charge in [-0.25, -0.2) is 0 Å². The Balaban J connectivity index is 1.39. The van der Waals surface area contributed by atoms with Crippen LogP contribution in [-0.4, -0.2) is 53.1 Å². The number of aliphatic hydroxyl groups excluding tert-OH is 2. The molecule has 0 saturated carbocycles. The Morgan fingerprint density at radius 1 is 0.907 bits per heavy atom. The third-order valence-corrected chi connectivity index (χ3v) is 8.67. The van der Waals surface area contributed by atoms with E-state index in [9.17, 15) is 19.8 Å². The van der Waals surface area contributed by atoms with Crippen LogP contribution in [0.4, 0.5) is 5.69 Å². The molecule has 0 bridgehead atoms. The lowest BCUT2D eigenvalue weighted by Gasteiger charge is -2.32. The van der Waals surface area contributed by atoms with Gasteiger partial charge >= 0.3 is 0 Å². The monoisotopic (exact) mass is 572 g/mol. The number of hydrogen-bond donors (Lipinski definition) is 3. The van der Waals surface area contributed by atoms with Crippen LogP contribution in [0.15, 0.2) is 84.9 Å². The smallest absolute Gasteiger partial charge is 0.255 e. The topological polar surface area (TPSA) is 89.9 Å². The van der Waals surface area contributed by atoms with Crippen molar-refractivity contribution in [3.8, 4) is 0 Å². The zero-order valence-electron chi connectivity index (χ0n) is 24.5. The predicted molar refractivity (Wildman–Crippen MR) is 169 cm³/mol. The average Bonchev–Trinajstić information content (AvgIpc) is 3.03. The van der Waals surface area contributed by atoms with E-state index >= 15 is 0 Å². The van der Waals surface area contributed by atoms with E-state index in [1.54, 1.807) is 30.3 Å². The Morgan fingerprint density at radius 3 is 2.40 bits per heavy atom. The van der Waals surface area contributed by atoms with E-state index in [4.69, 9.17) is 0 Å². The first-order chi connectivity index (χ1) is 20.9. The third-order valence-electron chi connectivity index (χ3n) is 8.67. The van der Waals surface area contributed by atoms with E-state index < -0.39 is 6.10 Å². The molecule has 6 rings (SSSR count). The number of hydrogen-bond acceptors (Lipinski definition) is 5. The van der Waals surface area contributed by atoms with Crippen molar-refractivity contribution in [1.29, 1.82) is 0 Å². The second-order valence-electron chi connectivity index (χ2n) is 11.5. The molecule has 0 fully saturated rings. The fourth-order valence-electron chi connectivity index (χ4n) is 6.50.